The summed E-state index contributed by atoms with van der Waals surface area (Å²) in [6, 6.07) is 3.38. The third kappa shape index (κ3) is 5.05. The van der Waals surface area contributed by atoms with Gasteiger partial charge in [-0.25, -0.2) is 8.78 Å². The Kier molecular flexibility index (Phi) is 6.97. The summed E-state index contributed by atoms with van der Waals surface area (Å²) in [5.74, 6) is -2.20. The van der Waals surface area contributed by atoms with E-state index in [0.29, 0.717) is 39.3 Å². The van der Waals surface area contributed by atoms with Crippen molar-refractivity contribution >= 4 is 21.8 Å². The Bertz CT molecular complexity index is 770. The van der Waals surface area contributed by atoms with Crippen LogP contribution in [-0.2, 0) is 15.0 Å². The molecule has 156 valence electrons. The van der Waals surface area contributed by atoms with E-state index < -0.39 is 33.4 Å². The Balaban J connectivity index is 1.51. The number of hydrogen-bond acceptors (Lipinski definition) is 4. The molecule has 0 spiro atoms. The van der Waals surface area contributed by atoms with E-state index in [1.54, 1.807) is 9.21 Å². The summed E-state index contributed by atoms with van der Waals surface area (Å²) < 4.78 is 55.9. The van der Waals surface area contributed by atoms with Crippen molar-refractivity contribution in [1.29, 1.82) is 0 Å². The number of hydrogen-bond donors (Lipinski definition) is 1. The van der Waals surface area contributed by atoms with Gasteiger partial charge in [0.1, 0.15) is 17.3 Å². The van der Waals surface area contributed by atoms with Crippen LogP contribution in [0.15, 0.2) is 18.2 Å². The number of carbonyl (C=O) groups excluding carboxylic acids is 1. The van der Waals surface area contributed by atoms with Crippen LogP contribution in [-0.4, -0.2) is 73.6 Å². The molecule has 1 N–H and O–H groups in total. The molecule has 3 rings (SSSR count). The molecule has 2 aliphatic heterocycles. The maximum atomic E-state index is 13.6. The molecule has 10 heteroatoms. The lowest BCUT2D eigenvalue weighted by atomic mass is 10.2. The zero-order valence-electron chi connectivity index (χ0n) is 15.7. The lowest BCUT2D eigenvalue weighted by Crippen LogP contribution is -2.54. The summed E-state index contributed by atoms with van der Waals surface area (Å²) in [5, 5.41) is 2.26. The van der Waals surface area contributed by atoms with E-state index in [0.717, 1.165) is 37.8 Å². The number of piperazine rings is 1. The van der Waals surface area contributed by atoms with Crippen molar-refractivity contribution in [3.05, 3.63) is 29.8 Å². The largest absolute Gasteiger partial charge is 0.320 e. The van der Waals surface area contributed by atoms with Gasteiger partial charge in [0.2, 0.25) is 5.91 Å². The Morgan fingerprint density at radius 3 is 2.00 bits per heavy atom. The van der Waals surface area contributed by atoms with Gasteiger partial charge in [-0.1, -0.05) is 18.9 Å². The molecular weight excluding hydrogens is 390 g/mol. The van der Waals surface area contributed by atoms with Crippen LogP contribution in [0.2, 0.25) is 0 Å². The topological polar surface area (TPSA) is 73.0 Å². The summed E-state index contributed by atoms with van der Waals surface area (Å²) in [7, 11) is -3.48. The molecule has 0 unspecified atom stereocenters. The van der Waals surface area contributed by atoms with E-state index in [1.165, 1.54) is 10.4 Å². The quantitative estimate of drug-likeness (QED) is 0.792. The van der Waals surface area contributed by atoms with Crippen LogP contribution in [0.25, 0.3) is 0 Å². The highest BCUT2D eigenvalue weighted by molar-refractivity contribution is 7.86. The molecule has 2 heterocycles. The van der Waals surface area contributed by atoms with Gasteiger partial charge in [-0.05, 0) is 25.0 Å². The van der Waals surface area contributed by atoms with Crippen LogP contribution < -0.4 is 5.32 Å². The first-order chi connectivity index (χ1) is 13.4. The molecule has 0 saturated carbocycles. The SMILES string of the molecule is O=C(CN1CCN(S(=O)(=O)N2CCCCCC2)CC1)Nc1c(F)cccc1F. The minimum atomic E-state index is -3.48. The molecule has 0 bridgehead atoms. The number of benzene rings is 1. The van der Waals surface area contributed by atoms with Crippen molar-refractivity contribution in [1.82, 2.24) is 13.5 Å². The Labute approximate surface area is 164 Å². The van der Waals surface area contributed by atoms with E-state index in [1.807, 2.05) is 0 Å². The van der Waals surface area contributed by atoms with Crippen molar-refractivity contribution < 1.29 is 22.0 Å². The van der Waals surface area contributed by atoms with Gasteiger partial charge in [0.25, 0.3) is 10.2 Å². The molecule has 1 aromatic rings. The van der Waals surface area contributed by atoms with Crippen LogP contribution in [0.3, 0.4) is 0 Å². The average molecular weight is 416 g/mol. The molecule has 2 aliphatic rings. The van der Waals surface area contributed by atoms with Gasteiger partial charge in [0, 0.05) is 39.3 Å². The predicted molar refractivity (Wildman–Crippen MR) is 102 cm³/mol. The Morgan fingerprint density at radius 1 is 0.893 bits per heavy atom. The van der Waals surface area contributed by atoms with Crippen molar-refractivity contribution in [2.45, 2.75) is 25.7 Å². The number of carbonyl (C=O) groups is 1. The van der Waals surface area contributed by atoms with Gasteiger partial charge >= 0.3 is 0 Å². The first-order valence-corrected chi connectivity index (χ1v) is 11.0. The molecule has 1 aromatic carbocycles. The number of rotatable bonds is 5. The lowest BCUT2D eigenvalue weighted by molar-refractivity contribution is -0.117. The van der Waals surface area contributed by atoms with Crippen molar-refractivity contribution in [2.24, 2.45) is 0 Å². The second-order valence-electron chi connectivity index (χ2n) is 7.14. The van der Waals surface area contributed by atoms with E-state index in [4.69, 9.17) is 0 Å². The maximum absolute atomic E-state index is 13.6. The summed E-state index contributed by atoms with van der Waals surface area (Å²) in [6.07, 6.45) is 3.87. The second kappa shape index (κ2) is 9.25. The second-order valence-corrected chi connectivity index (χ2v) is 9.07. The van der Waals surface area contributed by atoms with Crippen LogP contribution in [0.4, 0.5) is 14.5 Å². The minimum Gasteiger partial charge on any atom is -0.320 e. The highest BCUT2D eigenvalue weighted by Crippen LogP contribution is 2.19. The smallest absolute Gasteiger partial charge is 0.282 e. The standard InChI is InChI=1S/C18H26F2N4O3S/c19-15-6-5-7-16(20)18(15)21-17(25)14-22-10-12-24(13-11-22)28(26,27)23-8-3-1-2-4-9-23/h5-7H,1-4,8-14H2,(H,21,25). The highest BCUT2D eigenvalue weighted by atomic mass is 32.2. The predicted octanol–water partition coefficient (Wildman–Crippen LogP) is 1.64. The zero-order valence-corrected chi connectivity index (χ0v) is 16.6. The average Bonchev–Trinajstić information content (AvgIpc) is 2.95. The van der Waals surface area contributed by atoms with Crippen LogP contribution in [0.5, 0.6) is 0 Å². The number of halogens is 2. The van der Waals surface area contributed by atoms with Gasteiger partial charge in [-0.2, -0.15) is 17.0 Å². The zero-order chi connectivity index (χ0) is 20.1. The van der Waals surface area contributed by atoms with Crippen molar-refractivity contribution in [2.75, 3.05) is 51.1 Å². The molecule has 0 aliphatic carbocycles. The van der Waals surface area contributed by atoms with Gasteiger partial charge < -0.3 is 5.32 Å². The number of amides is 1. The molecule has 1 amide bonds. The third-order valence-electron chi connectivity index (χ3n) is 5.14. The number of nitrogens with zero attached hydrogens (tertiary/aromatic N) is 3. The molecule has 2 saturated heterocycles. The molecule has 0 aromatic heterocycles. The fraction of sp³-hybridized carbons (Fsp3) is 0.611. The minimum absolute atomic E-state index is 0.0502. The third-order valence-corrected chi connectivity index (χ3v) is 7.18. The number of nitrogens with one attached hydrogen (secondary N) is 1. The molecule has 0 atom stereocenters. The Hall–Kier alpha value is -1.62. The van der Waals surface area contributed by atoms with Crippen molar-refractivity contribution in [3.8, 4) is 0 Å². The molecule has 0 radical (unpaired) electrons. The number of para-hydroxylation sites is 1. The van der Waals surface area contributed by atoms with E-state index in [2.05, 4.69) is 5.32 Å². The first-order valence-electron chi connectivity index (χ1n) is 9.59. The van der Waals surface area contributed by atoms with E-state index in [-0.39, 0.29) is 6.54 Å². The maximum Gasteiger partial charge on any atom is 0.282 e. The summed E-state index contributed by atoms with van der Waals surface area (Å²) in [5.41, 5.74) is -0.463. The van der Waals surface area contributed by atoms with E-state index in [9.17, 15) is 22.0 Å². The van der Waals surface area contributed by atoms with E-state index >= 15 is 0 Å². The van der Waals surface area contributed by atoms with Gasteiger partial charge in [-0.3, -0.25) is 9.69 Å². The first kappa shape index (κ1) is 21.1. The normalized spacial score (nSPS) is 20.6. The molecule has 2 fully saturated rings. The van der Waals surface area contributed by atoms with Gasteiger partial charge in [-0.15, -0.1) is 0 Å². The highest BCUT2D eigenvalue weighted by Gasteiger charge is 2.32. The summed E-state index contributed by atoms with van der Waals surface area (Å²) in [6.45, 7) is 2.42. The fourth-order valence-corrected chi connectivity index (χ4v) is 5.22. The van der Waals surface area contributed by atoms with Crippen LogP contribution in [0, 0.1) is 11.6 Å². The van der Waals surface area contributed by atoms with Crippen LogP contribution in [0.1, 0.15) is 25.7 Å². The molecular formula is C18H26F2N4O3S. The Morgan fingerprint density at radius 2 is 1.43 bits per heavy atom. The molecule has 28 heavy (non-hydrogen) atoms. The molecule has 7 nitrogen and oxygen atoms in total. The van der Waals surface area contributed by atoms with Crippen molar-refractivity contribution in [3.63, 3.8) is 0 Å². The summed E-state index contributed by atoms with van der Waals surface area (Å²) >= 11 is 0. The monoisotopic (exact) mass is 416 g/mol. The van der Waals surface area contributed by atoms with Gasteiger partial charge in [0.15, 0.2) is 0 Å². The van der Waals surface area contributed by atoms with Gasteiger partial charge in [0.05, 0.1) is 6.54 Å². The lowest BCUT2D eigenvalue weighted by Gasteiger charge is -2.36. The van der Waals surface area contributed by atoms with Crippen LogP contribution >= 0.6 is 0 Å². The fourth-order valence-electron chi connectivity index (χ4n) is 3.55. The summed E-state index contributed by atoms with van der Waals surface area (Å²) in [4.78, 5) is 13.9. The number of anilines is 1.